The van der Waals surface area contributed by atoms with E-state index in [0.29, 0.717) is 30.6 Å². The van der Waals surface area contributed by atoms with Crippen LogP contribution in [-0.4, -0.2) is 83.3 Å². The van der Waals surface area contributed by atoms with Crippen LogP contribution in [0.15, 0.2) is 84.9 Å². The molecule has 0 spiro atoms. The molecule has 1 aliphatic carbocycles. The number of benzene rings is 3. The van der Waals surface area contributed by atoms with E-state index >= 15 is 0 Å². The summed E-state index contributed by atoms with van der Waals surface area (Å²) in [4.78, 5) is 84.8. The molecule has 15 nitrogen and oxygen atoms in total. The predicted molar refractivity (Wildman–Crippen MR) is 244 cm³/mol. The first-order chi connectivity index (χ1) is 30.3. The summed E-state index contributed by atoms with van der Waals surface area (Å²) in [5.74, 6) is -1.75. The first-order valence-corrected chi connectivity index (χ1v) is 21.8. The molecule has 0 fully saturated rings. The molecule has 0 saturated heterocycles. The van der Waals surface area contributed by atoms with Gasteiger partial charge in [-0.05, 0) is 78.5 Å². The molecule has 15 heteroatoms. The van der Waals surface area contributed by atoms with Crippen LogP contribution in [0.1, 0.15) is 110 Å². The van der Waals surface area contributed by atoms with E-state index in [1.165, 1.54) is 17.1 Å². The number of primary amides is 1. The molecule has 2 atom stereocenters. The van der Waals surface area contributed by atoms with E-state index in [2.05, 4.69) is 21.3 Å². The topological polar surface area (TPSA) is 226 Å². The van der Waals surface area contributed by atoms with Crippen molar-refractivity contribution in [2.45, 2.75) is 112 Å². The van der Waals surface area contributed by atoms with Gasteiger partial charge >= 0.3 is 12.1 Å². The number of nitrogens with two attached hydrogens (primary N) is 1. The minimum absolute atomic E-state index is 0.0965. The summed E-state index contributed by atoms with van der Waals surface area (Å²) >= 11 is 0. The number of ketones is 1. The smallest absolute Gasteiger partial charge is 0.407 e. The van der Waals surface area contributed by atoms with Crippen LogP contribution in [-0.2, 0) is 35.3 Å². The molecule has 7 amide bonds. The molecular weight excluding hydrogens is 805 g/mol. The highest BCUT2D eigenvalue weighted by Crippen LogP contribution is 2.44. The molecule has 63 heavy (non-hydrogen) atoms. The maximum absolute atomic E-state index is 13.4. The van der Waals surface area contributed by atoms with Gasteiger partial charge in [0.25, 0.3) is 11.8 Å². The van der Waals surface area contributed by atoms with E-state index in [1.807, 2.05) is 76.2 Å². The number of rotatable bonds is 19. The Morgan fingerprint density at radius 2 is 1.33 bits per heavy atom. The number of ether oxygens (including phenoxy) is 1. The van der Waals surface area contributed by atoms with Gasteiger partial charge in [-0.25, -0.2) is 9.59 Å². The van der Waals surface area contributed by atoms with Crippen molar-refractivity contribution in [3.63, 3.8) is 0 Å². The number of anilines is 1. The zero-order valence-electron chi connectivity index (χ0n) is 37.7. The molecular formula is C48H66N6O9. The Kier molecular flexibility index (Phi) is 23.7. The summed E-state index contributed by atoms with van der Waals surface area (Å²) in [6, 6.07) is 20.0. The second-order valence-electron chi connectivity index (χ2n) is 14.7. The van der Waals surface area contributed by atoms with E-state index in [-0.39, 0.29) is 55.6 Å². The molecule has 0 aromatic heterocycles. The first kappa shape index (κ1) is 52.8. The fourth-order valence-corrected chi connectivity index (χ4v) is 6.75. The Bertz CT molecular complexity index is 1940. The predicted octanol–water partition coefficient (Wildman–Crippen LogP) is 6.73. The van der Waals surface area contributed by atoms with Gasteiger partial charge in [-0.2, -0.15) is 0 Å². The van der Waals surface area contributed by atoms with Crippen LogP contribution in [0.25, 0.3) is 11.1 Å². The number of imide groups is 1. The van der Waals surface area contributed by atoms with E-state index in [1.54, 1.807) is 45.0 Å². The van der Waals surface area contributed by atoms with Gasteiger partial charge in [-0.15, -0.1) is 0 Å². The second kappa shape index (κ2) is 28.3. The van der Waals surface area contributed by atoms with Crippen LogP contribution in [0.3, 0.4) is 0 Å². The molecule has 0 saturated carbocycles. The lowest BCUT2D eigenvalue weighted by Gasteiger charge is -2.25. The monoisotopic (exact) mass is 870 g/mol. The summed E-state index contributed by atoms with van der Waals surface area (Å²) < 4.78 is 5.64. The van der Waals surface area contributed by atoms with Crippen LogP contribution >= 0.6 is 0 Å². The molecule has 1 aliphatic heterocycles. The van der Waals surface area contributed by atoms with Crippen LogP contribution in [0.5, 0.6) is 0 Å². The van der Waals surface area contributed by atoms with Crippen LogP contribution in [0.4, 0.5) is 15.3 Å². The van der Waals surface area contributed by atoms with Crippen LogP contribution in [0, 0.1) is 5.92 Å². The standard InChI is InChI=1S/C33H39N5O6.C11H15NO3.2C2H6/c1-20(2)29(38-33(43)44-19-27-25-10-5-3-8-23(25)24-9-4-6-11-26(24)27)31(41)37-28(12-7-17-35-32(34)42)30(40)36-22-15-13-21(18-39)14-16-22;1-9(13)5-3-2-4-8-12-10(14)6-7-11(12)15;2*1-2/h3-6,8-11,13-16,20,27-29,39H,7,12,17-19H2,1-2H3,(H,36,40)(H,37,41)(H,38,43)(H3,34,35,42);6-7H,2-5,8H2,1H3;2*1-2H3/t28-,29-;;;/m0.../s1. The van der Waals surface area contributed by atoms with Gasteiger partial charge in [0.1, 0.15) is 24.5 Å². The Morgan fingerprint density at radius 3 is 1.86 bits per heavy atom. The Morgan fingerprint density at radius 1 is 0.762 bits per heavy atom. The third kappa shape index (κ3) is 17.1. The summed E-state index contributed by atoms with van der Waals surface area (Å²) in [6.07, 6.45) is 5.45. The number of hydrogen-bond donors (Lipinski definition) is 6. The fraction of sp³-hybridized carbons (Fsp3) is 0.438. The molecule has 3 aromatic carbocycles. The SMILES string of the molecule is CC.CC.CC(=O)CCCCCN1C(=O)C=CC1=O.CC(C)[C@H](NC(=O)OCC1c2ccccc2-c2ccccc21)C(=O)N[C@@H](CCCNC(N)=O)C(=O)Nc1ccc(CO)cc1. The molecule has 1 heterocycles. The van der Waals surface area contributed by atoms with Gasteiger partial charge in [0.15, 0.2) is 0 Å². The third-order valence-corrected chi connectivity index (χ3v) is 9.88. The number of nitrogens with zero attached hydrogens (tertiary/aromatic N) is 1. The maximum atomic E-state index is 13.4. The Labute approximate surface area is 371 Å². The average molecular weight is 871 g/mol. The number of amides is 7. The van der Waals surface area contributed by atoms with Gasteiger partial charge in [0.05, 0.1) is 6.61 Å². The molecule has 0 unspecified atom stereocenters. The minimum atomic E-state index is -0.978. The van der Waals surface area contributed by atoms with Gasteiger partial charge in [0, 0.05) is 43.3 Å². The average Bonchev–Trinajstić information content (AvgIpc) is 3.78. The summed E-state index contributed by atoms with van der Waals surface area (Å²) in [5.41, 5.74) is 10.7. The lowest BCUT2D eigenvalue weighted by Crippen LogP contribution is -2.54. The van der Waals surface area contributed by atoms with E-state index in [0.717, 1.165) is 41.5 Å². The molecule has 5 rings (SSSR count). The van der Waals surface area contributed by atoms with Gasteiger partial charge in [0.2, 0.25) is 11.8 Å². The number of carbonyl (C=O) groups excluding carboxylic acids is 7. The number of Topliss-reactive ketones (excluding diaryl/α,β-unsaturated/α-hetero) is 1. The second-order valence-corrected chi connectivity index (χ2v) is 14.7. The number of aliphatic hydroxyl groups is 1. The van der Waals surface area contributed by atoms with Crippen molar-refractivity contribution in [1.82, 2.24) is 20.9 Å². The van der Waals surface area contributed by atoms with Crippen molar-refractivity contribution >= 4 is 47.2 Å². The number of urea groups is 1. The van der Waals surface area contributed by atoms with E-state index in [9.17, 15) is 38.7 Å². The van der Waals surface area contributed by atoms with Crippen molar-refractivity contribution in [1.29, 1.82) is 0 Å². The highest BCUT2D eigenvalue weighted by molar-refractivity contribution is 6.12. The number of nitrogens with one attached hydrogen (secondary N) is 4. The largest absolute Gasteiger partial charge is 0.449 e. The van der Waals surface area contributed by atoms with Crippen molar-refractivity contribution in [2.24, 2.45) is 11.7 Å². The summed E-state index contributed by atoms with van der Waals surface area (Å²) in [7, 11) is 0. The van der Waals surface area contributed by atoms with Gasteiger partial charge < -0.3 is 41.6 Å². The Balaban J connectivity index is 0.000000601. The number of unbranched alkanes of at least 4 members (excludes halogenated alkanes) is 2. The lowest BCUT2D eigenvalue weighted by molar-refractivity contribution is -0.137. The highest BCUT2D eigenvalue weighted by atomic mass is 16.5. The van der Waals surface area contributed by atoms with E-state index < -0.39 is 36.0 Å². The van der Waals surface area contributed by atoms with Gasteiger partial charge in [-0.1, -0.05) is 109 Å². The number of fused-ring (bicyclic) bond motifs is 3. The molecule has 7 N–H and O–H groups in total. The van der Waals surface area contributed by atoms with E-state index in [4.69, 9.17) is 10.5 Å². The molecule has 0 bridgehead atoms. The van der Waals surface area contributed by atoms with Crippen LogP contribution < -0.4 is 27.0 Å². The molecule has 2 aliphatic rings. The zero-order valence-corrected chi connectivity index (χ0v) is 37.7. The Hall–Kier alpha value is -6.35. The first-order valence-electron chi connectivity index (χ1n) is 21.8. The van der Waals surface area contributed by atoms with Crippen LogP contribution in [0.2, 0.25) is 0 Å². The quantitative estimate of drug-likeness (QED) is 0.0554. The number of carbonyl (C=O) groups is 7. The molecule has 342 valence electrons. The third-order valence-electron chi connectivity index (χ3n) is 9.88. The lowest BCUT2D eigenvalue weighted by atomic mass is 9.98. The van der Waals surface area contributed by atoms with Crippen molar-refractivity contribution < 1.29 is 43.4 Å². The maximum Gasteiger partial charge on any atom is 0.407 e. The highest BCUT2D eigenvalue weighted by Gasteiger charge is 2.32. The number of aliphatic hydroxyl groups excluding tert-OH is 1. The van der Waals surface area contributed by atoms with Crippen molar-refractivity contribution in [3.05, 3.63) is 102 Å². The minimum Gasteiger partial charge on any atom is -0.449 e. The normalized spacial score (nSPS) is 13.1. The fourth-order valence-electron chi connectivity index (χ4n) is 6.75. The summed E-state index contributed by atoms with van der Waals surface area (Å²) in [6.45, 7) is 13.8. The molecule has 0 radical (unpaired) electrons. The van der Waals surface area contributed by atoms with Gasteiger partial charge in [-0.3, -0.25) is 24.1 Å². The number of hydrogen-bond acceptors (Lipinski definition) is 9. The number of alkyl carbamates (subject to hydrolysis) is 1. The van der Waals surface area contributed by atoms with Crippen molar-refractivity contribution in [2.75, 3.05) is 25.0 Å². The molecule has 3 aromatic rings. The summed E-state index contributed by atoms with van der Waals surface area (Å²) in [5, 5.41) is 19.9. The zero-order chi connectivity index (χ0) is 46.9. The van der Waals surface area contributed by atoms with Crippen molar-refractivity contribution in [3.8, 4) is 11.1 Å².